The molecule has 2 aliphatic rings. The van der Waals surface area contributed by atoms with Crippen molar-refractivity contribution in [2.75, 3.05) is 46.6 Å². The Balaban J connectivity index is 1.45. The Morgan fingerprint density at radius 3 is 2.14 bits per heavy atom. The number of nitrogens with one attached hydrogen (secondary N) is 4. The molecular formula is C40H54N8O11. The van der Waals surface area contributed by atoms with Gasteiger partial charge in [0.1, 0.15) is 12.1 Å². The molecule has 0 saturated carbocycles. The molecule has 1 unspecified atom stereocenters. The Hall–Kier alpha value is -6.21. The zero-order valence-electron chi connectivity index (χ0n) is 34.7. The van der Waals surface area contributed by atoms with Crippen molar-refractivity contribution < 1.29 is 52.6 Å². The van der Waals surface area contributed by atoms with Gasteiger partial charge in [0.25, 0.3) is 17.7 Å². The van der Waals surface area contributed by atoms with Gasteiger partial charge in [0.05, 0.1) is 63.1 Å². The number of nitrogens with zero attached hydrogens (tertiary/aromatic N) is 4. The fourth-order valence-corrected chi connectivity index (χ4v) is 6.24. The molecule has 2 aromatic rings. The summed E-state index contributed by atoms with van der Waals surface area (Å²) >= 11 is 0. The minimum Gasteiger partial charge on any atom is -0.493 e. The molecule has 59 heavy (non-hydrogen) atoms. The van der Waals surface area contributed by atoms with Crippen molar-refractivity contribution in [3.63, 3.8) is 0 Å². The number of rotatable bonds is 21. The number of benzene rings is 2. The number of aliphatic imine (C=N–C) groups is 1. The van der Waals surface area contributed by atoms with Crippen LogP contribution in [0.2, 0.25) is 0 Å². The van der Waals surface area contributed by atoms with Crippen LogP contribution in [0.1, 0.15) is 80.5 Å². The number of carbonyl (C=O) groups is 6. The van der Waals surface area contributed by atoms with Gasteiger partial charge in [0, 0.05) is 44.7 Å². The van der Waals surface area contributed by atoms with Gasteiger partial charge >= 0.3 is 0 Å². The molecule has 2 aromatic carbocycles. The fraction of sp³-hybridized carbons (Fsp3) is 0.475. The lowest BCUT2D eigenvalue weighted by atomic mass is 10.0. The summed E-state index contributed by atoms with van der Waals surface area (Å²) in [6, 6.07) is 3.78. The lowest BCUT2D eigenvalue weighted by Gasteiger charge is -2.28. The Morgan fingerprint density at radius 2 is 1.56 bits per heavy atom. The predicted octanol–water partition coefficient (Wildman–Crippen LogP) is 2.96. The number of fused-ring (bicyclic) bond motifs is 1. The van der Waals surface area contributed by atoms with Gasteiger partial charge in [-0.15, -0.1) is 0 Å². The molecule has 19 nitrogen and oxygen atoms in total. The van der Waals surface area contributed by atoms with Crippen LogP contribution in [0.15, 0.2) is 42.0 Å². The van der Waals surface area contributed by atoms with Crippen molar-refractivity contribution in [1.82, 2.24) is 31.6 Å². The summed E-state index contributed by atoms with van der Waals surface area (Å²) in [4.78, 5) is 87.3. The van der Waals surface area contributed by atoms with Crippen molar-refractivity contribution in [3.8, 4) is 23.0 Å². The number of hydrogen-bond acceptors (Lipinski definition) is 14. The van der Waals surface area contributed by atoms with E-state index in [-0.39, 0.29) is 66.7 Å². The molecule has 0 radical (unpaired) electrons. The number of carbonyl (C=O) groups excluding carboxylic acids is 6. The standard InChI is InChI=1S/C40H54N8O11/c1-10-13-25-22-42-28-20-32(30(55-7)18-26(28)40(54)48(25)57-9)58-16-12-17-59-33-21-29(27(19-31(33)56-8)38(52)41-11-2)46(6)45-37(51)24(5)43-39(53)36(23(3)4)44-47-34(49)14-15-35(47)50/h11,18-25,36,44H,2,10,12-17H2,1,3-9H3,(H,41,52)(H,43,53)(H,45,51)/t24-,25?,36-/m0/s1. The number of ether oxygens (including phenoxy) is 4. The van der Waals surface area contributed by atoms with Crippen LogP contribution >= 0.6 is 0 Å². The summed E-state index contributed by atoms with van der Waals surface area (Å²) in [5, 5.41) is 8.59. The van der Waals surface area contributed by atoms with Crippen molar-refractivity contribution >= 4 is 53.0 Å². The number of hydroxylamine groups is 2. The smallest absolute Gasteiger partial charge is 0.280 e. The zero-order valence-corrected chi connectivity index (χ0v) is 34.7. The van der Waals surface area contributed by atoms with Crippen molar-refractivity contribution in [3.05, 3.63) is 48.2 Å². The second-order valence-electron chi connectivity index (χ2n) is 14.0. The second kappa shape index (κ2) is 21.0. The van der Waals surface area contributed by atoms with Gasteiger partial charge in [-0.05, 0) is 37.6 Å². The van der Waals surface area contributed by atoms with Gasteiger partial charge in [-0.3, -0.25) is 49.0 Å². The molecule has 2 aliphatic heterocycles. The molecule has 320 valence electrons. The van der Waals surface area contributed by atoms with Gasteiger partial charge in [-0.25, -0.2) is 15.5 Å². The summed E-state index contributed by atoms with van der Waals surface area (Å²) in [7, 11) is 5.83. The molecule has 4 rings (SSSR count). The first kappa shape index (κ1) is 45.5. The third-order valence-electron chi connectivity index (χ3n) is 9.40. The van der Waals surface area contributed by atoms with E-state index >= 15 is 0 Å². The number of imide groups is 1. The van der Waals surface area contributed by atoms with Crippen molar-refractivity contribution in [2.24, 2.45) is 10.9 Å². The number of methoxy groups -OCH3 is 2. The van der Waals surface area contributed by atoms with E-state index in [1.165, 1.54) is 63.7 Å². The topological polar surface area (TPSA) is 219 Å². The van der Waals surface area contributed by atoms with Crippen molar-refractivity contribution in [2.45, 2.75) is 77.9 Å². The molecule has 19 heteroatoms. The minimum atomic E-state index is -1.08. The summed E-state index contributed by atoms with van der Waals surface area (Å²) in [5.41, 5.74) is 6.42. The zero-order chi connectivity index (χ0) is 43.4. The van der Waals surface area contributed by atoms with Crippen molar-refractivity contribution in [1.29, 1.82) is 0 Å². The molecule has 2 heterocycles. The lowest BCUT2D eigenvalue weighted by molar-refractivity contribution is -0.145. The predicted molar refractivity (Wildman–Crippen MR) is 216 cm³/mol. The van der Waals surface area contributed by atoms with E-state index in [1.807, 2.05) is 6.92 Å². The minimum absolute atomic E-state index is 0.0459. The average Bonchev–Trinajstić information content (AvgIpc) is 3.46. The third-order valence-corrected chi connectivity index (χ3v) is 9.40. The maximum atomic E-state index is 13.4. The second-order valence-corrected chi connectivity index (χ2v) is 14.0. The van der Waals surface area contributed by atoms with Crippen LogP contribution in [-0.2, 0) is 24.0 Å². The summed E-state index contributed by atoms with van der Waals surface area (Å²) < 4.78 is 23.2. The number of hydrazine groups is 2. The van der Waals surface area contributed by atoms with E-state index in [9.17, 15) is 28.8 Å². The van der Waals surface area contributed by atoms with E-state index in [1.54, 1.807) is 32.2 Å². The quantitative estimate of drug-likeness (QED) is 0.0810. The molecular weight excluding hydrogens is 768 g/mol. The lowest BCUT2D eigenvalue weighted by Crippen LogP contribution is -2.59. The third kappa shape index (κ3) is 11.1. The number of anilines is 1. The molecule has 0 spiro atoms. The first-order chi connectivity index (χ1) is 28.2. The first-order valence-electron chi connectivity index (χ1n) is 19.2. The first-order valence-corrected chi connectivity index (χ1v) is 19.2. The van der Waals surface area contributed by atoms with Gasteiger partial charge < -0.3 is 29.6 Å². The highest BCUT2D eigenvalue weighted by Gasteiger charge is 2.35. The highest BCUT2D eigenvalue weighted by atomic mass is 16.7. The molecule has 0 bridgehead atoms. The van der Waals surface area contributed by atoms with E-state index < -0.39 is 41.6 Å². The van der Waals surface area contributed by atoms with E-state index in [0.29, 0.717) is 35.6 Å². The highest BCUT2D eigenvalue weighted by Crippen LogP contribution is 2.38. The fourth-order valence-electron chi connectivity index (χ4n) is 6.24. The van der Waals surface area contributed by atoms with Gasteiger partial charge in [-0.1, -0.05) is 33.8 Å². The highest BCUT2D eigenvalue weighted by molar-refractivity contribution is 6.04. The average molecular weight is 823 g/mol. The molecule has 4 N–H and O–H groups in total. The number of amides is 6. The molecule has 1 saturated heterocycles. The van der Waals surface area contributed by atoms with Crippen LogP contribution in [0, 0.1) is 5.92 Å². The Bertz CT molecular complexity index is 1920. The van der Waals surface area contributed by atoms with E-state index in [2.05, 4.69) is 33.1 Å². The summed E-state index contributed by atoms with van der Waals surface area (Å²) in [6.45, 7) is 10.8. The monoisotopic (exact) mass is 822 g/mol. The van der Waals surface area contributed by atoms with Gasteiger partial charge in [0.15, 0.2) is 23.0 Å². The summed E-state index contributed by atoms with van der Waals surface area (Å²) in [6.07, 6.45) is 4.86. The summed E-state index contributed by atoms with van der Waals surface area (Å²) in [5.74, 6) is -2.17. The number of hydrogen-bond donors (Lipinski definition) is 4. The van der Waals surface area contributed by atoms with Crippen LogP contribution in [-0.4, -0.2) is 111 Å². The maximum absolute atomic E-state index is 13.4. The molecule has 1 fully saturated rings. The Morgan fingerprint density at radius 1 is 0.932 bits per heavy atom. The Kier molecular flexibility index (Phi) is 16.2. The molecule has 0 aliphatic carbocycles. The van der Waals surface area contributed by atoms with E-state index in [4.69, 9.17) is 23.8 Å². The normalized spacial score (nSPS) is 15.9. The molecule has 3 atom stereocenters. The molecule has 6 amide bonds. The van der Waals surface area contributed by atoms with Crippen LogP contribution < -0.4 is 45.4 Å². The van der Waals surface area contributed by atoms with E-state index in [0.717, 1.165) is 11.4 Å². The van der Waals surface area contributed by atoms with Crippen LogP contribution in [0.3, 0.4) is 0 Å². The van der Waals surface area contributed by atoms with Gasteiger partial charge in [-0.2, -0.15) is 0 Å². The van der Waals surface area contributed by atoms with Crippen LogP contribution in [0.4, 0.5) is 11.4 Å². The SMILES string of the molecule is C=CNC(=O)c1cc(OC)c(OCCCOc2cc3c(cc2OC)C(=O)N(OC)C(CCC)C=N3)cc1N(C)NC(=O)[C@H](C)NC(=O)[C@@H](NN1C(=O)CCC1=O)C(C)C. The van der Waals surface area contributed by atoms with Crippen LogP contribution in [0.25, 0.3) is 0 Å². The Labute approximate surface area is 343 Å². The van der Waals surface area contributed by atoms with Gasteiger partial charge in [0.2, 0.25) is 17.7 Å². The van der Waals surface area contributed by atoms with Crippen LogP contribution in [0.5, 0.6) is 23.0 Å². The molecule has 0 aromatic heterocycles. The largest absolute Gasteiger partial charge is 0.493 e. The maximum Gasteiger partial charge on any atom is 0.280 e.